The van der Waals surface area contributed by atoms with E-state index in [4.69, 9.17) is 13.9 Å². The Hall–Kier alpha value is -3.51. The Morgan fingerprint density at radius 2 is 1.39 bits per heavy atom. The molecule has 5 heteroatoms. The number of carbonyl (C=O) groups is 1. The molecule has 0 amide bonds. The first-order valence-corrected chi connectivity index (χ1v) is 10.8. The molecule has 0 saturated carbocycles. The van der Waals surface area contributed by atoms with Crippen molar-refractivity contribution in [2.75, 3.05) is 6.61 Å². The molecule has 0 aliphatic heterocycles. The summed E-state index contributed by atoms with van der Waals surface area (Å²) in [5, 5.41) is 11.0. The molecular weight excluding hydrogens is 416 g/mol. The van der Waals surface area contributed by atoms with E-state index in [1.807, 2.05) is 91.0 Å². The average Bonchev–Trinajstić information content (AvgIpc) is 3.30. The fourth-order valence-electron chi connectivity index (χ4n) is 3.56. The Morgan fingerprint density at radius 1 is 0.818 bits per heavy atom. The second-order valence-electron chi connectivity index (χ2n) is 7.70. The molecule has 168 valence electrons. The highest BCUT2D eigenvalue weighted by Crippen LogP contribution is 2.33. The first kappa shape index (κ1) is 22.7. The lowest BCUT2D eigenvalue weighted by molar-refractivity contribution is -0.0907. The van der Waals surface area contributed by atoms with Gasteiger partial charge in [-0.05, 0) is 17.2 Å². The molecule has 0 spiro atoms. The summed E-state index contributed by atoms with van der Waals surface area (Å²) < 4.78 is 17.9. The van der Waals surface area contributed by atoms with Gasteiger partial charge in [-0.1, -0.05) is 91.0 Å². The molecule has 0 aliphatic carbocycles. The van der Waals surface area contributed by atoms with Gasteiger partial charge in [0.1, 0.15) is 23.7 Å². The number of aliphatic hydroxyl groups excluding tert-OH is 1. The predicted octanol–water partition coefficient (Wildman–Crippen LogP) is 5.59. The van der Waals surface area contributed by atoms with Crippen molar-refractivity contribution in [3.05, 3.63) is 120 Å². The summed E-state index contributed by atoms with van der Waals surface area (Å²) in [6.07, 6.45) is -1.19. The van der Waals surface area contributed by atoms with Gasteiger partial charge in [0.15, 0.2) is 6.29 Å². The number of hydrogen-bond acceptors (Lipinski definition) is 5. The van der Waals surface area contributed by atoms with Crippen LogP contribution in [0.15, 0.2) is 101 Å². The molecule has 0 saturated heterocycles. The van der Waals surface area contributed by atoms with Crippen LogP contribution >= 0.6 is 0 Å². The first-order valence-electron chi connectivity index (χ1n) is 10.8. The van der Waals surface area contributed by atoms with Crippen molar-refractivity contribution < 1.29 is 23.8 Å². The van der Waals surface area contributed by atoms with Crippen LogP contribution in [0.1, 0.15) is 33.3 Å². The average molecular weight is 443 g/mol. The van der Waals surface area contributed by atoms with Gasteiger partial charge in [0.05, 0.1) is 25.4 Å². The number of benzene rings is 3. The van der Waals surface area contributed by atoms with E-state index >= 15 is 0 Å². The van der Waals surface area contributed by atoms with Crippen molar-refractivity contribution >= 4 is 6.29 Å². The van der Waals surface area contributed by atoms with Gasteiger partial charge in [0.2, 0.25) is 0 Å². The summed E-state index contributed by atoms with van der Waals surface area (Å²) in [4.78, 5) is 11.8. The topological polar surface area (TPSA) is 68.9 Å². The molecule has 4 rings (SSSR count). The Labute approximate surface area is 193 Å². The second kappa shape index (κ2) is 11.4. The minimum Gasteiger partial charge on any atom is -0.457 e. The molecule has 1 heterocycles. The van der Waals surface area contributed by atoms with E-state index in [-0.39, 0.29) is 19.0 Å². The molecule has 1 N–H and O–H groups in total. The van der Waals surface area contributed by atoms with Crippen LogP contribution in [-0.2, 0) is 22.7 Å². The van der Waals surface area contributed by atoms with Crippen LogP contribution in [0.5, 0.6) is 0 Å². The minimum absolute atomic E-state index is 0.0218. The summed E-state index contributed by atoms with van der Waals surface area (Å²) in [5.74, 6) is 0.828. The molecule has 5 nitrogen and oxygen atoms in total. The van der Waals surface area contributed by atoms with E-state index in [0.29, 0.717) is 17.9 Å². The van der Waals surface area contributed by atoms with Gasteiger partial charge in [-0.25, -0.2) is 0 Å². The number of hydrogen-bond donors (Lipinski definition) is 1. The Bertz CT molecular complexity index is 1120. The maximum absolute atomic E-state index is 11.8. The summed E-state index contributed by atoms with van der Waals surface area (Å²) in [6.45, 7) is 0.631. The smallest absolute Gasteiger partial charge is 0.153 e. The highest BCUT2D eigenvalue weighted by atomic mass is 16.5. The number of aliphatic hydroxyl groups is 1. The van der Waals surface area contributed by atoms with Crippen LogP contribution in [-0.4, -0.2) is 24.1 Å². The standard InChI is InChI=1S/C28H26O5/c29-17-24-16-26(23-14-8-3-9-15-23)33-27(24)28(32-19-22-12-6-2-7-13-22)25(30)20-31-18-21-10-4-1-5-11-21/h1-17,25,28,30H,18-20H2/t25-,28-/m1/s1. The second-order valence-corrected chi connectivity index (χ2v) is 7.70. The molecule has 4 aromatic rings. The lowest BCUT2D eigenvalue weighted by Crippen LogP contribution is -2.27. The van der Waals surface area contributed by atoms with Gasteiger partial charge in [0, 0.05) is 5.56 Å². The van der Waals surface area contributed by atoms with Gasteiger partial charge in [-0.15, -0.1) is 0 Å². The van der Waals surface area contributed by atoms with Crippen molar-refractivity contribution in [3.63, 3.8) is 0 Å². The van der Waals surface area contributed by atoms with Gasteiger partial charge in [-0.3, -0.25) is 4.79 Å². The number of ether oxygens (including phenoxy) is 2. The van der Waals surface area contributed by atoms with Crippen LogP contribution in [0.3, 0.4) is 0 Å². The maximum atomic E-state index is 11.8. The van der Waals surface area contributed by atoms with Crippen molar-refractivity contribution in [2.45, 2.75) is 25.4 Å². The lowest BCUT2D eigenvalue weighted by atomic mass is 10.1. The van der Waals surface area contributed by atoms with E-state index in [2.05, 4.69) is 0 Å². The highest BCUT2D eigenvalue weighted by Gasteiger charge is 2.29. The van der Waals surface area contributed by atoms with E-state index in [0.717, 1.165) is 23.0 Å². The fraction of sp³-hybridized carbons (Fsp3) is 0.179. The number of carbonyl (C=O) groups excluding carboxylic acids is 1. The normalized spacial score (nSPS) is 12.9. The molecule has 1 aromatic heterocycles. The molecule has 0 bridgehead atoms. The first-order chi connectivity index (χ1) is 16.2. The third kappa shape index (κ3) is 6.05. The summed E-state index contributed by atoms with van der Waals surface area (Å²) >= 11 is 0. The monoisotopic (exact) mass is 442 g/mol. The van der Waals surface area contributed by atoms with Gasteiger partial charge in [0.25, 0.3) is 0 Å². The third-order valence-corrected chi connectivity index (χ3v) is 5.26. The molecule has 2 atom stereocenters. The molecule has 0 fully saturated rings. The SMILES string of the molecule is O=Cc1cc(-c2ccccc2)oc1[C@H](OCc1ccccc1)[C@H](O)COCc1ccccc1. The zero-order valence-electron chi connectivity index (χ0n) is 18.2. The molecule has 3 aromatic carbocycles. The molecule has 0 aliphatic rings. The summed E-state index contributed by atoms with van der Waals surface area (Å²) in [6, 6.07) is 30.5. The quantitative estimate of drug-likeness (QED) is 0.307. The minimum atomic E-state index is -1.04. The summed E-state index contributed by atoms with van der Waals surface area (Å²) in [5.41, 5.74) is 3.13. The maximum Gasteiger partial charge on any atom is 0.153 e. The van der Waals surface area contributed by atoms with E-state index in [9.17, 15) is 9.90 Å². The fourth-order valence-corrected chi connectivity index (χ4v) is 3.56. The van der Waals surface area contributed by atoms with Gasteiger partial charge in [-0.2, -0.15) is 0 Å². The third-order valence-electron chi connectivity index (χ3n) is 5.26. The Kier molecular flexibility index (Phi) is 7.82. The van der Waals surface area contributed by atoms with Crippen molar-refractivity contribution in [3.8, 4) is 11.3 Å². The summed E-state index contributed by atoms with van der Waals surface area (Å²) in [7, 11) is 0. The largest absolute Gasteiger partial charge is 0.457 e. The van der Waals surface area contributed by atoms with E-state index < -0.39 is 12.2 Å². The Morgan fingerprint density at radius 3 is 2.00 bits per heavy atom. The van der Waals surface area contributed by atoms with Crippen LogP contribution in [0.2, 0.25) is 0 Å². The van der Waals surface area contributed by atoms with Crippen molar-refractivity contribution in [1.29, 1.82) is 0 Å². The molecule has 0 unspecified atom stereocenters. The highest BCUT2D eigenvalue weighted by molar-refractivity contribution is 5.79. The van der Waals surface area contributed by atoms with Gasteiger partial charge < -0.3 is 19.0 Å². The number of furan rings is 1. The van der Waals surface area contributed by atoms with Crippen LogP contribution in [0, 0.1) is 0 Å². The Balaban J connectivity index is 1.55. The number of rotatable bonds is 11. The predicted molar refractivity (Wildman–Crippen MR) is 126 cm³/mol. The van der Waals surface area contributed by atoms with Crippen LogP contribution in [0.25, 0.3) is 11.3 Å². The molecular formula is C28H26O5. The molecule has 33 heavy (non-hydrogen) atoms. The zero-order chi connectivity index (χ0) is 22.9. The zero-order valence-corrected chi connectivity index (χ0v) is 18.2. The van der Waals surface area contributed by atoms with E-state index in [1.54, 1.807) is 6.07 Å². The number of aldehydes is 1. The van der Waals surface area contributed by atoms with E-state index in [1.165, 1.54) is 0 Å². The lowest BCUT2D eigenvalue weighted by Gasteiger charge is -2.22. The van der Waals surface area contributed by atoms with Crippen molar-refractivity contribution in [1.82, 2.24) is 0 Å². The van der Waals surface area contributed by atoms with Crippen LogP contribution in [0.4, 0.5) is 0 Å². The van der Waals surface area contributed by atoms with Crippen molar-refractivity contribution in [2.24, 2.45) is 0 Å². The molecule has 0 radical (unpaired) electrons. The van der Waals surface area contributed by atoms with Crippen LogP contribution < -0.4 is 0 Å². The van der Waals surface area contributed by atoms with Gasteiger partial charge >= 0.3 is 0 Å².